The first kappa shape index (κ1) is 11.6. The van der Waals surface area contributed by atoms with Gasteiger partial charge < -0.3 is 9.47 Å². The van der Waals surface area contributed by atoms with Crippen LogP contribution in [0.5, 0.6) is 5.75 Å². The van der Waals surface area contributed by atoms with Crippen LogP contribution in [0.3, 0.4) is 0 Å². The van der Waals surface area contributed by atoms with E-state index in [1.54, 1.807) is 0 Å². The fourth-order valence-corrected chi connectivity index (χ4v) is 1.35. The number of rotatable bonds is 5. The van der Waals surface area contributed by atoms with E-state index >= 15 is 0 Å². The molecule has 1 aliphatic heterocycles. The van der Waals surface area contributed by atoms with Gasteiger partial charge in [-0.3, -0.25) is 0 Å². The van der Waals surface area contributed by atoms with Crippen LogP contribution in [0.4, 0.5) is 8.78 Å². The molecule has 0 aromatic heterocycles. The summed E-state index contributed by atoms with van der Waals surface area (Å²) in [4.78, 5) is 2.66. The maximum Gasteiger partial charge on any atom is 0.129 e. The molecule has 1 fully saturated rings. The Morgan fingerprint density at radius 1 is 1.47 bits per heavy atom. The van der Waals surface area contributed by atoms with E-state index < -0.39 is 17.7 Å². The number of epoxide rings is 1. The average molecular weight is 241 g/mol. The van der Waals surface area contributed by atoms with Crippen molar-refractivity contribution in [1.29, 1.82) is 0 Å². The van der Waals surface area contributed by atoms with E-state index in [0.717, 1.165) is 18.2 Å². The summed E-state index contributed by atoms with van der Waals surface area (Å²) in [7, 11) is 0. The van der Waals surface area contributed by atoms with Gasteiger partial charge in [0.05, 0.1) is 25.4 Å². The molecule has 0 aliphatic carbocycles. The van der Waals surface area contributed by atoms with E-state index in [9.17, 15) is 8.78 Å². The second-order valence-electron chi connectivity index (χ2n) is 3.56. The number of benzene rings is 1. The monoisotopic (exact) mass is 241 g/mol. The van der Waals surface area contributed by atoms with E-state index in [1.165, 1.54) is 0 Å². The van der Waals surface area contributed by atoms with Gasteiger partial charge in [-0.2, -0.15) is 0 Å². The van der Waals surface area contributed by atoms with E-state index in [-0.39, 0.29) is 18.5 Å². The molecule has 90 valence electrons. The highest BCUT2D eigenvalue weighted by atomic mass is 19.1. The zero-order valence-electron chi connectivity index (χ0n) is 8.72. The van der Waals surface area contributed by atoms with Gasteiger partial charge in [0.15, 0.2) is 0 Å². The van der Waals surface area contributed by atoms with Gasteiger partial charge in [-0.15, -0.1) is 0 Å². The molecule has 5 nitrogen and oxygen atoms in total. The predicted octanol–water partition coefficient (Wildman–Crippen LogP) is 2.42. The summed E-state index contributed by atoms with van der Waals surface area (Å²) >= 11 is 0. The van der Waals surface area contributed by atoms with Crippen LogP contribution >= 0.6 is 0 Å². The highest BCUT2D eigenvalue weighted by Gasteiger charge is 2.32. The van der Waals surface area contributed by atoms with Crippen molar-refractivity contribution < 1.29 is 18.3 Å². The molecular formula is C10H9F2N3O2. The van der Waals surface area contributed by atoms with Crippen LogP contribution in [0, 0.1) is 11.6 Å². The molecule has 0 unspecified atom stereocenters. The summed E-state index contributed by atoms with van der Waals surface area (Å²) in [6, 6.07) is 2.39. The van der Waals surface area contributed by atoms with Crippen molar-refractivity contribution in [1.82, 2.24) is 0 Å². The lowest BCUT2D eigenvalue weighted by Crippen LogP contribution is -2.21. The molecule has 1 aromatic carbocycles. The second-order valence-corrected chi connectivity index (χ2v) is 3.56. The van der Waals surface area contributed by atoms with Gasteiger partial charge in [0, 0.05) is 23.1 Å². The second kappa shape index (κ2) is 4.99. The standard InChI is InChI=1S/C10H9F2N3O2/c11-6-1-7(12)3-8(2-6)16-4-9(14-15-13)10-5-17-10/h1-3,9-10H,4-5H2/t9-,10-/m0/s1. The zero-order valence-corrected chi connectivity index (χ0v) is 8.72. The molecule has 0 N–H and O–H groups in total. The maximum atomic E-state index is 12.8. The van der Waals surface area contributed by atoms with Crippen molar-refractivity contribution in [2.24, 2.45) is 5.11 Å². The molecule has 7 heteroatoms. The molecule has 1 aromatic rings. The molecule has 0 spiro atoms. The fourth-order valence-electron chi connectivity index (χ4n) is 1.35. The highest BCUT2D eigenvalue weighted by Crippen LogP contribution is 2.20. The lowest BCUT2D eigenvalue weighted by atomic mass is 10.2. The number of hydrogen-bond donors (Lipinski definition) is 0. The molecule has 0 amide bonds. The van der Waals surface area contributed by atoms with Crippen LogP contribution in [0.2, 0.25) is 0 Å². The van der Waals surface area contributed by atoms with Gasteiger partial charge in [-0.05, 0) is 5.53 Å². The van der Waals surface area contributed by atoms with E-state index in [4.69, 9.17) is 15.0 Å². The highest BCUT2D eigenvalue weighted by molar-refractivity contribution is 5.23. The summed E-state index contributed by atoms with van der Waals surface area (Å²) in [6.07, 6.45) is -0.163. The quantitative estimate of drug-likeness (QED) is 0.343. The fraction of sp³-hybridized carbons (Fsp3) is 0.400. The largest absolute Gasteiger partial charge is 0.493 e. The van der Waals surface area contributed by atoms with Crippen LogP contribution in [-0.2, 0) is 4.74 Å². The van der Waals surface area contributed by atoms with Gasteiger partial charge >= 0.3 is 0 Å². The van der Waals surface area contributed by atoms with Gasteiger partial charge in [-0.1, -0.05) is 5.11 Å². The molecule has 2 atom stereocenters. The maximum absolute atomic E-state index is 12.8. The van der Waals surface area contributed by atoms with Crippen molar-refractivity contribution >= 4 is 0 Å². The summed E-state index contributed by atoms with van der Waals surface area (Å²) in [5.41, 5.74) is 8.33. The third-order valence-electron chi connectivity index (χ3n) is 2.25. The Hall–Kier alpha value is -1.85. The zero-order chi connectivity index (χ0) is 12.3. The minimum Gasteiger partial charge on any atom is -0.493 e. The summed E-state index contributed by atoms with van der Waals surface area (Å²) in [5.74, 6) is -1.38. The number of azide groups is 1. The molecule has 0 saturated carbocycles. The van der Waals surface area contributed by atoms with Crippen LogP contribution in [0.15, 0.2) is 23.3 Å². The summed E-state index contributed by atoms with van der Waals surface area (Å²) in [6.45, 7) is 0.530. The molecule has 17 heavy (non-hydrogen) atoms. The Bertz CT molecular complexity index is 439. The smallest absolute Gasteiger partial charge is 0.129 e. The van der Waals surface area contributed by atoms with Crippen molar-refractivity contribution in [3.05, 3.63) is 40.3 Å². The number of ether oxygens (including phenoxy) is 2. The summed E-state index contributed by atoms with van der Waals surface area (Å²) in [5, 5.41) is 3.49. The molecule has 0 radical (unpaired) electrons. The van der Waals surface area contributed by atoms with Crippen molar-refractivity contribution in [3.8, 4) is 5.75 Å². The molecule has 1 heterocycles. The number of nitrogens with zero attached hydrogens (tertiary/aromatic N) is 3. The SMILES string of the molecule is [N-]=[N+]=N[C@@H](COc1cc(F)cc(F)c1)[C@@H]1CO1. The third kappa shape index (κ3) is 3.30. The van der Waals surface area contributed by atoms with E-state index in [2.05, 4.69) is 10.0 Å². The van der Waals surface area contributed by atoms with Gasteiger partial charge in [0.25, 0.3) is 0 Å². The molecule has 0 bridgehead atoms. The van der Waals surface area contributed by atoms with Crippen molar-refractivity contribution in [2.75, 3.05) is 13.2 Å². The Balaban J connectivity index is 1.97. The molecule has 1 aliphatic rings. The van der Waals surface area contributed by atoms with Gasteiger partial charge in [0.2, 0.25) is 0 Å². The third-order valence-corrected chi connectivity index (χ3v) is 2.25. The lowest BCUT2D eigenvalue weighted by Gasteiger charge is -2.10. The average Bonchev–Trinajstić information content (AvgIpc) is 3.06. The first-order valence-electron chi connectivity index (χ1n) is 4.94. The molecule has 2 rings (SSSR count). The van der Waals surface area contributed by atoms with Crippen LogP contribution in [0.25, 0.3) is 10.4 Å². The van der Waals surface area contributed by atoms with Gasteiger partial charge in [-0.25, -0.2) is 8.78 Å². The predicted molar refractivity (Wildman–Crippen MR) is 54.5 cm³/mol. The molecular weight excluding hydrogens is 232 g/mol. The Morgan fingerprint density at radius 2 is 2.12 bits per heavy atom. The van der Waals surface area contributed by atoms with Crippen molar-refractivity contribution in [3.63, 3.8) is 0 Å². The Morgan fingerprint density at radius 3 is 2.65 bits per heavy atom. The van der Waals surface area contributed by atoms with Crippen molar-refractivity contribution in [2.45, 2.75) is 12.1 Å². The molecule has 1 saturated heterocycles. The van der Waals surface area contributed by atoms with Crippen LogP contribution in [0.1, 0.15) is 0 Å². The Kier molecular flexibility index (Phi) is 3.41. The van der Waals surface area contributed by atoms with Crippen LogP contribution < -0.4 is 4.74 Å². The summed E-state index contributed by atoms with van der Waals surface area (Å²) < 4.78 is 35.8. The Labute approximate surface area is 95.6 Å². The first-order chi connectivity index (χ1) is 8.19. The lowest BCUT2D eigenvalue weighted by molar-refractivity contribution is 0.254. The topological polar surface area (TPSA) is 70.5 Å². The van der Waals surface area contributed by atoms with E-state index in [1.807, 2.05) is 0 Å². The van der Waals surface area contributed by atoms with E-state index in [0.29, 0.717) is 6.61 Å². The first-order valence-corrected chi connectivity index (χ1v) is 4.94. The normalized spacial score (nSPS) is 19.3. The number of halogens is 2. The number of hydrogen-bond acceptors (Lipinski definition) is 3. The van der Waals surface area contributed by atoms with Gasteiger partial charge in [0.1, 0.15) is 17.4 Å². The minimum atomic E-state index is -0.719. The minimum absolute atomic E-state index is 0.0254. The van der Waals surface area contributed by atoms with Crippen LogP contribution in [-0.4, -0.2) is 25.4 Å².